The number of rotatable bonds is 3. The Bertz CT molecular complexity index is 553. The fourth-order valence-corrected chi connectivity index (χ4v) is 2.23. The molecule has 0 unspecified atom stereocenters. The smallest absolute Gasteiger partial charge is 0.126 e. The van der Waals surface area contributed by atoms with Gasteiger partial charge in [0.05, 0.1) is 7.11 Å². The molecule has 2 nitrogen and oxygen atoms in total. The van der Waals surface area contributed by atoms with Gasteiger partial charge in [-0.3, -0.25) is 0 Å². The van der Waals surface area contributed by atoms with Crippen molar-refractivity contribution in [3.05, 3.63) is 52.5 Å². The predicted molar refractivity (Wildman–Crippen MR) is 83.3 cm³/mol. The molecule has 0 bridgehead atoms. The van der Waals surface area contributed by atoms with E-state index in [4.69, 9.17) is 22.1 Å². The van der Waals surface area contributed by atoms with Gasteiger partial charge < -0.3 is 10.5 Å². The average molecular weight is 298 g/mol. The van der Waals surface area contributed by atoms with Gasteiger partial charge >= 0.3 is 0 Å². The van der Waals surface area contributed by atoms with Crippen LogP contribution in [-0.4, -0.2) is 7.11 Å². The SMILES string of the molecule is COc1c(C)cc(-c2ccc(Cl)cc2)cc1CN.Cl. The highest BCUT2D eigenvalue weighted by Gasteiger charge is 2.08. The molecule has 0 aromatic heterocycles. The summed E-state index contributed by atoms with van der Waals surface area (Å²) in [6.07, 6.45) is 0. The molecule has 0 spiro atoms. The van der Waals surface area contributed by atoms with Gasteiger partial charge in [0.15, 0.2) is 0 Å². The molecule has 2 aromatic carbocycles. The van der Waals surface area contributed by atoms with Gasteiger partial charge in [-0.25, -0.2) is 0 Å². The van der Waals surface area contributed by atoms with E-state index in [-0.39, 0.29) is 12.4 Å². The van der Waals surface area contributed by atoms with E-state index in [1.165, 1.54) is 0 Å². The summed E-state index contributed by atoms with van der Waals surface area (Å²) in [6, 6.07) is 11.9. The summed E-state index contributed by atoms with van der Waals surface area (Å²) >= 11 is 5.90. The summed E-state index contributed by atoms with van der Waals surface area (Å²) < 4.78 is 5.38. The van der Waals surface area contributed by atoms with Crippen LogP contribution in [0, 0.1) is 6.92 Å². The van der Waals surface area contributed by atoms with Crippen LogP contribution in [0.25, 0.3) is 11.1 Å². The van der Waals surface area contributed by atoms with Crippen LogP contribution in [0.4, 0.5) is 0 Å². The molecule has 0 aliphatic heterocycles. The summed E-state index contributed by atoms with van der Waals surface area (Å²) in [5.74, 6) is 0.871. The van der Waals surface area contributed by atoms with Gasteiger partial charge in [0.2, 0.25) is 0 Å². The monoisotopic (exact) mass is 297 g/mol. The highest BCUT2D eigenvalue weighted by atomic mass is 35.5. The molecule has 0 aliphatic rings. The number of aryl methyl sites for hydroxylation is 1. The average Bonchev–Trinajstić information content (AvgIpc) is 2.38. The third-order valence-electron chi connectivity index (χ3n) is 2.95. The van der Waals surface area contributed by atoms with Crippen molar-refractivity contribution in [2.45, 2.75) is 13.5 Å². The second-order valence-electron chi connectivity index (χ2n) is 4.20. The van der Waals surface area contributed by atoms with Crippen LogP contribution in [0.3, 0.4) is 0 Å². The zero-order valence-corrected chi connectivity index (χ0v) is 12.5. The maximum atomic E-state index is 5.90. The first-order valence-electron chi connectivity index (χ1n) is 5.79. The minimum absolute atomic E-state index is 0. The largest absolute Gasteiger partial charge is 0.496 e. The number of halogens is 2. The fourth-order valence-electron chi connectivity index (χ4n) is 2.10. The molecule has 0 aliphatic carbocycles. The molecule has 102 valence electrons. The van der Waals surface area contributed by atoms with Gasteiger partial charge in [0.25, 0.3) is 0 Å². The molecule has 0 heterocycles. The first-order chi connectivity index (χ1) is 8.65. The molecule has 0 fully saturated rings. The lowest BCUT2D eigenvalue weighted by molar-refractivity contribution is 0.407. The third-order valence-corrected chi connectivity index (χ3v) is 3.21. The lowest BCUT2D eigenvalue weighted by atomic mass is 9.99. The van der Waals surface area contributed by atoms with E-state index in [0.29, 0.717) is 6.54 Å². The van der Waals surface area contributed by atoms with E-state index in [0.717, 1.165) is 33.0 Å². The van der Waals surface area contributed by atoms with Crippen LogP contribution in [0.15, 0.2) is 36.4 Å². The lowest BCUT2D eigenvalue weighted by Gasteiger charge is -2.13. The summed E-state index contributed by atoms with van der Waals surface area (Å²) in [4.78, 5) is 0. The van der Waals surface area contributed by atoms with Crippen molar-refractivity contribution < 1.29 is 4.74 Å². The Balaban J connectivity index is 0.00000180. The molecular weight excluding hydrogens is 281 g/mol. The molecule has 0 saturated heterocycles. The van der Waals surface area contributed by atoms with Crippen molar-refractivity contribution in [2.24, 2.45) is 5.73 Å². The number of hydrogen-bond acceptors (Lipinski definition) is 2. The van der Waals surface area contributed by atoms with E-state index in [9.17, 15) is 0 Å². The van der Waals surface area contributed by atoms with E-state index in [1.54, 1.807) is 7.11 Å². The van der Waals surface area contributed by atoms with Crippen molar-refractivity contribution in [2.75, 3.05) is 7.11 Å². The number of methoxy groups -OCH3 is 1. The quantitative estimate of drug-likeness (QED) is 0.921. The van der Waals surface area contributed by atoms with Gasteiger partial charge in [-0.1, -0.05) is 23.7 Å². The van der Waals surface area contributed by atoms with E-state index in [1.807, 2.05) is 31.2 Å². The van der Waals surface area contributed by atoms with Crippen molar-refractivity contribution in [3.8, 4) is 16.9 Å². The zero-order chi connectivity index (χ0) is 13.1. The van der Waals surface area contributed by atoms with Crippen LogP contribution in [0.5, 0.6) is 5.75 Å². The second kappa shape index (κ2) is 6.80. The number of nitrogens with two attached hydrogens (primary N) is 1. The minimum atomic E-state index is 0. The highest BCUT2D eigenvalue weighted by molar-refractivity contribution is 6.30. The first-order valence-corrected chi connectivity index (χ1v) is 6.17. The Kier molecular flexibility index (Phi) is 5.67. The molecular formula is C15H17Cl2NO. The predicted octanol–water partition coefficient (Wildman–Crippen LogP) is 4.20. The van der Waals surface area contributed by atoms with Crippen LogP contribution < -0.4 is 10.5 Å². The highest BCUT2D eigenvalue weighted by Crippen LogP contribution is 2.30. The van der Waals surface area contributed by atoms with Crippen LogP contribution in [0.1, 0.15) is 11.1 Å². The molecule has 0 amide bonds. The van der Waals surface area contributed by atoms with Crippen LogP contribution >= 0.6 is 24.0 Å². The zero-order valence-electron chi connectivity index (χ0n) is 10.9. The fraction of sp³-hybridized carbons (Fsp3) is 0.200. The van der Waals surface area contributed by atoms with Gasteiger partial charge in [0, 0.05) is 17.1 Å². The molecule has 19 heavy (non-hydrogen) atoms. The standard InChI is InChI=1S/C15H16ClNO.ClH/c1-10-7-12(8-13(9-17)15(10)18-2)11-3-5-14(16)6-4-11;/h3-8H,9,17H2,1-2H3;1H. The molecule has 0 saturated carbocycles. The van der Waals surface area contributed by atoms with Gasteiger partial charge in [-0.2, -0.15) is 0 Å². The minimum Gasteiger partial charge on any atom is -0.496 e. The Hall–Kier alpha value is -1.22. The van der Waals surface area contributed by atoms with Crippen LogP contribution in [-0.2, 0) is 6.54 Å². The van der Waals surface area contributed by atoms with Crippen LogP contribution in [0.2, 0.25) is 5.02 Å². The van der Waals surface area contributed by atoms with Gasteiger partial charge in [0.1, 0.15) is 5.75 Å². The van der Waals surface area contributed by atoms with Crippen molar-refractivity contribution in [1.82, 2.24) is 0 Å². The molecule has 2 aromatic rings. The first kappa shape index (κ1) is 15.8. The summed E-state index contributed by atoms with van der Waals surface area (Å²) in [5, 5.41) is 0.739. The molecule has 4 heteroatoms. The molecule has 2 N–H and O–H groups in total. The van der Waals surface area contributed by atoms with E-state index >= 15 is 0 Å². The van der Waals surface area contributed by atoms with Crippen molar-refractivity contribution in [3.63, 3.8) is 0 Å². The van der Waals surface area contributed by atoms with Crippen molar-refractivity contribution in [1.29, 1.82) is 0 Å². The Morgan fingerprint density at radius 3 is 2.26 bits per heavy atom. The third kappa shape index (κ3) is 3.41. The molecule has 2 rings (SSSR count). The Morgan fingerprint density at radius 1 is 1.11 bits per heavy atom. The number of benzene rings is 2. The maximum absolute atomic E-state index is 5.90. The van der Waals surface area contributed by atoms with E-state index < -0.39 is 0 Å². The topological polar surface area (TPSA) is 35.2 Å². The van der Waals surface area contributed by atoms with E-state index in [2.05, 4.69) is 12.1 Å². The molecule has 0 atom stereocenters. The second-order valence-corrected chi connectivity index (χ2v) is 4.63. The number of ether oxygens (including phenoxy) is 1. The normalized spacial score (nSPS) is 9.89. The summed E-state index contributed by atoms with van der Waals surface area (Å²) in [7, 11) is 1.67. The maximum Gasteiger partial charge on any atom is 0.126 e. The van der Waals surface area contributed by atoms with Crippen molar-refractivity contribution >= 4 is 24.0 Å². The summed E-state index contributed by atoms with van der Waals surface area (Å²) in [6.45, 7) is 2.49. The Morgan fingerprint density at radius 2 is 1.74 bits per heavy atom. The Labute approximate surface area is 124 Å². The summed E-state index contributed by atoms with van der Waals surface area (Å²) in [5.41, 5.74) is 10.1. The molecule has 0 radical (unpaired) electrons. The lowest BCUT2D eigenvalue weighted by Crippen LogP contribution is -2.02. The number of hydrogen-bond donors (Lipinski definition) is 1. The van der Waals surface area contributed by atoms with Gasteiger partial charge in [-0.05, 0) is 47.9 Å². The van der Waals surface area contributed by atoms with Gasteiger partial charge in [-0.15, -0.1) is 12.4 Å².